The Morgan fingerprint density at radius 3 is 1.90 bits per heavy atom. The van der Waals surface area contributed by atoms with Crippen LogP contribution >= 0.6 is 7.75 Å². The molecular weight excluding hydrogens is 153 g/mol. The van der Waals surface area contributed by atoms with Crippen molar-refractivity contribution in [2.75, 3.05) is 6.54 Å². The minimum atomic E-state index is -4.00. The SMILES string of the molecule is CCN(C(C)C)P(=O)(O)O. The van der Waals surface area contributed by atoms with E-state index in [2.05, 4.69) is 0 Å². The van der Waals surface area contributed by atoms with Crippen LogP contribution in [0.5, 0.6) is 0 Å². The summed E-state index contributed by atoms with van der Waals surface area (Å²) in [5.74, 6) is 0. The van der Waals surface area contributed by atoms with Crippen LogP contribution in [0.25, 0.3) is 0 Å². The summed E-state index contributed by atoms with van der Waals surface area (Å²) in [6, 6.07) is -0.106. The van der Waals surface area contributed by atoms with Gasteiger partial charge < -0.3 is 9.79 Å². The summed E-state index contributed by atoms with van der Waals surface area (Å²) in [5, 5.41) is 0. The van der Waals surface area contributed by atoms with Crippen LogP contribution in [0.3, 0.4) is 0 Å². The highest BCUT2D eigenvalue weighted by Crippen LogP contribution is 2.40. The first-order valence-corrected chi connectivity index (χ1v) is 4.78. The molecule has 0 aromatic carbocycles. The molecule has 0 aliphatic carbocycles. The summed E-state index contributed by atoms with van der Waals surface area (Å²) in [6.45, 7) is 5.60. The van der Waals surface area contributed by atoms with Gasteiger partial charge in [0.15, 0.2) is 0 Å². The normalized spacial score (nSPS) is 13.1. The minimum absolute atomic E-state index is 0.106. The molecule has 62 valence electrons. The van der Waals surface area contributed by atoms with Crippen LogP contribution in [-0.4, -0.2) is 27.0 Å². The van der Waals surface area contributed by atoms with Crippen molar-refractivity contribution < 1.29 is 14.4 Å². The second kappa shape index (κ2) is 3.49. The van der Waals surface area contributed by atoms with Crippen molar-refractivity contribution in [3.8, 4) is 0 Å². The predicted molar refractivity (Wildman–Crippen MR) is 39.6 cm³/mol. The Labute approximate surface area is 61.1 Å². The van der Waals surface area contributed by atoms with Gasteiger partial charge in [-0.05, 0) is 13.8 Å². The Kier molecular flexibility index (Phi) is 3.52. The van der Waals surface area contributed by atoms with Gasteiger partial charge in [0.1, 0.15) is 0 Å². The fourth-order valence-electron chi connectivity index (χ4n) is 0.850. The van der Waals surface area contributed by atoms with E-state index in [0.717, 1.165) is 4.67 Å². The third kappa shape index (κ3) is 2.80. The van der Waals surface area contributed by atoms with E-state index in [4.69, 9.17) is 9.79 Å². The van der Waals surface area contributed by atoms with Crippen molar-refractivity contribution >= 4 is 7.75 Å². The zero-order valence-electron chi connectivity index (χ0n) is 6.48. The Morgan fingerprint density at radius 1 is 1.50 bits per heavy atom. The number of rotatable bonds is 3. The van der Waals surface area contributed by atoms with Crippen molar-refractivity contribution in [3.05, 3.63) is 0 Å². The quantitative estimate of drug-likeness (QED) is 0.610. The van der Waals surface area contributed by atoms with Crippen LogP contribution in [-0.2, 0) is 4.57 Å². The predicted octanol–water partition coefficient (Wildman–Crippen LogP) is 0.809. The lowest BCUT2D eigenvalue weighted by molar-refractivity contribution is 0.249. The summed E-state index contributed by atoms with van der Waals surface area (Å²) < 4.78 is 11.8. The van der Waals surface area contributed by atoms with E-state index in [1.807, 2.05) is 0 Å². The van der Waals surface area contributed by atoms with Crippen LogP contribution in [0.15, 0.2) is 0 Å². The van der Waals surface area contributed by atoms with E-state index in [1.165, 1.54) is 0 Å². The monoisotopic (exact) mass is 167 g/mol. The van der Waals surface area contributed by atoms with Crippen LogP contribution < -0.4 is 0 Å². The smallest absolute Gasteiger partial charge is 0.312 e. The molecule has 0 atom stereocenters. The molecule has 0 unspecified atom stereocenters. The minimum Gasteiger partial charge on any atom is -0.312 e. The molecule has 10 heavy (non-hydrogen) atoms. The largest absolute Gasteiger partial charge is 0.403 e. The van der Waals surface area contributed by atoms with Crippen LogP contribution in [0.2, 0.25) is 0 Å². The highest BCUT2D eigenvalue weighted by molar-refractivity contribution is 7.49. The average Bonchev–Trinajstić information content (AvgIpc) is 1.60. The van der Waals surface area contributed by atoms with Crippen molar-refractivity contribution in [1.82, 2.24) is 4.67 Å². The van der Waals surface area contributed by atoms with E-state index in [-0.39, 0.29) is 6.04 Å². The lowest BCUT2D eigenvalue weighted by atomic mass is 10.4. The molecule has 4 nitrogen and oxygen atoms in total. The molecule has 0 aromatic rings. The summed E-state index contributed by atoms with van der Waals surface area (Å²) >= 11 is 0. The lowest BCUT2D eigenvalue weighted by Gasteiger charge is -2.24. The molecule has 2 N–H and O–H groups in total. The van der Waals surface area contributed by atoms with E-state index in [9.17, 15) is 4.57 Å². The third-order valence-corrected chi connectivity index (χ3v) is 2.67. The molecule has 0 amide bonds. The van der Waals surface area contributed by atoms with Crippen molar-refractivity contribution in [2.45, 2.75) is 26.8 Å². The lowest BCUT2D eigenvalue weighted by Crippen LogP contribution is -2.27. The second-order valence-corrected chi connectivity index (χ2v) is 3.90. The number of nitrogens with zero attached hydrogens (tertiary/aromatic N) is 1. The molecule has 5 heteroatoms. The van der Waals surface area contributed by atoms with Gasteiger partial charge in [-0.25, -0.2) is 9.24 Å². The van der Waals surface area contributed by atoms with Gasteiger partial charge in [-0.1, -0.05) is 6.92 Å². The van der Waals surface area contributed by atoms with Crippen molar-refractivity contribution in [1.29, 1.82) is 0 Å². The van der Waals surface area contributed by atoms with Crippen LogP contribution in [0, 0.1) is 0 Å². The Morgan fingerprint density at radius 2 is 1.90 bits per heavy atom. The Hall–Kier alpha value is 0.110. The molecule has 0 heterocycles. The summed E-state index contributed by atoms with van der Waals surface area (Å²) in [4.78, 5) is 17.4. The van der Waals surface area contributed by atoms with E-state index in [0.29, 0.717) is 6.54 Å². The van der Waals surface area contributed by atoms with Gasteiger partial charge in [0.25, 0.3) is 0 Å². The van der Waals surface area contributed by atoms with Gasteiger partial charge in [-0.15, -0.1) is 0 Å². The van der Waals surface area contributed by atoms with Crippen LogP contribution in [0.4, 0.5) is 0 Å². The van der Waals surface area contributed by atoms with E-state index >= 15 is 0 Å². The van der Waals surface area contributed by atoms with Gasteiger partial charge in [-0.2, -0.15) is 0 Å². The van der Waals surface area contributed by atoms with Gasteiger partial charge in [0.2, 0.25) is 0 Å². The fourth-order valence-corrected chi connectivity index (χ4v) is 1.82. The van der Waals surface area contributed by atoms with Gasteiger partial charge in [0, 0.05) is 12.6 Å². The van der Waals surface area contributed by atoms with Gasteiger partial charge in [0.05, 0.1) is 0 Å². The second-order valence-electron chi connectivity index (χ2n) is 2.36. The molecule has 0 bridgehead atoms. The average molecular weight is 167 g/mol. The van der Waals surface area contributed by atoms with Crippen molar-refractivity contribution in [3.63, 3.8) is 0 Å². The maximum atomic E-state index is 10.6. The molecule has 0 aromatic heterocycles. The first-order chi connectivity index (χ1) is 4.39. The number of hydrogen-bond acceptors (Lipinski definition) is 1. The van der Waals surface area contributed by atoms with Crippen molar-refractivity contribution in [2.24, 2.45) is 0 Å². The van der Waals surface area contributed by atoms with Crippen LogP contribution in [0.1, 0.15) is 20.8 Å². The Balaban J connectivity index is 4.22. The number of hydrogen-bond donors (Lipinski definition) is 2. The summed E-state index contributed by atoms with van der Waals surface area (Å²) in [7, 11) is -4.00. The molecule has 0 saturated carbocycles. The standard InChI is InChI=1S/C5H14NO3P/c1-4-6(5(2)3)10(7,8)9/h5H,4H2,1-3H3,(H2,7,8,9). The van der Waals surface area contributed by atoms with Gasteiger partial charge in [-0.3, -0.25) is 0 Å². The zero-order valence-corrected chi connectivity index (χ0v) is 7.38. The molecule has 0 radical (unpaired) electrons. The third-order valence-electron chi connectivity index (χ3n) is 1.25. The summed E-state index contributed by atoms with van der Waals surface area (Å²) in [5.41, 5.74) is 0. The maximum Gasteiger partial charge on any atom is 0.403 e. The molecule has 0 aliphatic rings. The first-order valence-electron chi connectivity index (χ1n) is 3.22. The van der Waals surface area contributed by atoms with Gasteiger partial charge >= 0.3 is 7.75 Å². The molecule has 0 saturated heterocycles. The molecule has 0 spiro atoms. The molecule has 0 fully saturated rings. The first kappa shape index (κ1) is 10.1. The maximum absolute atomic E-state index is 10.6. The highest BCUT2D eigenvalue weighted by Gasteiger charge is 2.25. The topological polar surface area (TPSA) is 60.8 Å². The van der Waals surface area contributed by atoms with E-state index < -0.39 is 7.75 Å². The highest BCUT2D eigenvalue weighted by atomic mass is 31.2. The molecule has 0 aliphatic heterocycles. The molecule has 0 rings (SSSR count). The fraction of sp³-hybridized carbons (Fsp3) is 1.00. The van der Waals surface area contributed by atoms with E-state index in [1.54, 1.807) is 20.8 Å². The molecular formula is C5H14NO3P. The summed E-state index contributed by atoms with van der Waals surface area (Å²) in [6.07, 6.45) is 0. The zero-order chi connectivity index (χ0) is 8.36. The Bertz CT molecular complexity index is 142.